The molecule has 0 aliphatic heterocycles. The third kappa shape index (κ3) is 3.65. The Morgan fingerprint density at radius 3 is 2.58 bits per heavy atom. The van der Waals surface area contributed by atoms with Crippen LogP contribution in [0.3, 0.4) is 0 Å². The van der Waals surface area contributed by atoms with Crippen molar-refractivity contribution in [2.45, 2.75) is 19.9 Å². The van der Waals surface area contributed by atoms with E-state index in [1.165, 1.54) is 0 Å². The lowest BCUT2D eigenvalue weighted by atomic mass is 10.2. The third-order valence-electron chi connectivity index (χ3n) is 2.78. The molecule has 0 amide bonds. The molecule has 1 aromatic carbocycles. The number of benzene rings is 1. The predicted molar refractivity (Wildman–Crippen MR) is 72.8 cm³/mol. The number of nitrogens with zero attached hydrogens (tertiary/aromatic N) is 1. The highest BCUT2D eigenvalue weighted by atomic mass is 16.5. The van der Waals surface area contributed by atoms with Gasteiger partial charge < -0.3 is 4.74 Å². The van der Waals surface area contributed by atoms with E-state index in [0.29, 0.717) is 18.8 Å². The van der Waals surface area contributed by atoms with Crippen LogP contribution in [0.1, 0.15) is 29.4 Å². The minimum atomic E-state index is -0.265. The van der Waals surface area contributed by atoms with Crippen LogP contribution in [0.5, 0.6) is 0 Å². The van der Waals surface area contributed by atoms with Gasteiger partial charge in [-0.15, -0.1) is 0 Å². The molecule has 2 rings (SSSR count). The zero-order valence-corrected chi connectivity index (χ0v) is 11.1. The molecule has 0 saturated heterocycles. The largest absolute Gasteiger partial charge is 0.458 e. The van der Waals surface area contributed by atoms with Crippen LogP contribution in [0.15, 0.2) is 54.7 Å². The van der Waals surface area contributed by atoms with Gasteiger partial charge >= 0.3 is 5.97 Å². The Hall–Kier alpha value is -2.16. The van der Waals surface area contributed by atoms with Gasteiger partial charge in [-0.25, -0.2) is 4.79 Å². The van der Waals surface area contributed by atoms with Gasteiger partial charge in [0.25, 0.3) is 5.69 Å². The molecular formula is C16H18NO2+. The number of pyridine rings is 1. The minimum Gasteiger partial charge on any atom is -0.458 e. The lowest BCUT2D eigenvalue weighted by Gasteiger charge is -2.04. The molecule has 0 spiro atoms. The number of carbonyl (C=O) groups is 1. The lowest BCUT2D eigenvalue weighted by molar-refractivity contribution is -0.690. The van der Waals surface area contributed by atoms with Crippen LogP contribution < -0.4 is 4.57 Å². The molecule has 0 aliphatic carbocycles. The fourth-order valence-electron chi connectivity index (χ4n) is 1.85. The van der Waals surface area contributed by atoms with Gasteiger partial charge in [0.05, 0.1) is 6.61 Å². The van der Waals surface area contributed by atoms with Gasteiger partial charge in [-0.05, 0) is 12.5 Å². The number of rotatable bonds is 5. The van der Waals surface area contributed by atoms with Crippen LogP contribution in [-0.2, 0) is 11.3 Å². The molecule has 0 atom stereocenters. The van der Waals surface area contributed by atoms with Crippen LogP contribution >= 0.6 is 0 Å². The van der Waals surface area contributed by atoms with Crippen molar-refractivity contribution in [2.75, 3.05) is 6.61 Å². The fourth-order valence-corrected chi connectivity index (χ4v) is 1.85. The Bertz CT molecular complexity index is 537. The van der Waals surface area contributed by atoms with E-state index in [1.54, 1.807) is 6.07 Å². The average Bonchev–Trinajstić information content (AvgIpc) is 2.46. The zero-order valence-electron chi connectivity index (χ0n) is 11.1. The molecule has 0 unspecified atom stereocenters. The van der Waals surface area contributed by atoms with Gasteiger partial charge in [-0.1, -0.05) is 37.3 Å². The maximum atomic E-state index is 12.0. The lowest BCUT2D eigenvalue weighted by Crippen LogP contribution is -2.41. The smallest absolute Gasteiger partial charge is 0.403 e. The Balaban J connectivity index is 2.19. The van der Waals surface area contributed by atoms with E-state index >= 15 is 0 Å². The van der Waals surface area contributed by atoms with Crippen molar-refractivity contribution in [2.24, 2.45) is 0 Å². The quantitative estimate of drug-likeness (QED) is 0.608. The second kappa shape index (κ2) is 6.69. The van der Waals surface area contributed by atoms with Crippen LogP contribution in [0.4, 0.5) is 0 Å². The van der Waals surface area contributed by atoms with Crippen molar-refractivity contribution >= 4 is 5.97 Å². The molecule has 19 heavy (non-hydrogen) atoms. The topological polar surface area (TPSA) is 30.2 Å². The molecule has 98 valence electrons. The number of hydrogen-bond acceptors (Lipinski definition) is 2. The van der Waals surface area contributed by atoms with E-state index in [-0.39, 0.29) is 5.97 Å². The van der Waals surface area contributed by atoms with Gasteiger partial charge in [0.2, 0.25) is 0 Å². The van der Waals surface area contributed by atoms with Crippen LogP contribution in [0.25, 0.3) is 0 Å². The maximum Gasteiger partial charge on any atom is 0.403 e. The fraction of sp³-hybridized carbons (Fsp3) is 0.250. The number of aromatic nitrogens is 1. The first-order valence-electron chi connectivity index (χ1n) is 6.50. The summed E-state index contributed by atoms with van der Waals surface area (Å²) in [6.07, 6.45) is 2.73. The Labute approximate surface area is 113 Å². The second-order valence-corrected chi connectivity index (χ2v) is 4.34. The highest BCUT2D eigenvalue weighted by Gasteiger charge is 2.19. The van der Waals surface area contributed by atoms with E-state index in [0.717, 1.165) is 12.0 Å². The van der Waals surface area contributed by atoms with E-state index in [1.807, 2.05) is 60.2 Å². The van der Waals surface area contributed by atoms with Crippen molar-refractivity contribution in [3.8, 4) is 0 Å². The highest BCUT2D eigenvalue weighted by molar-refractivity contribution is 5.85. The molecule has 1 aromatic heterocycles. The molecule has 0 aliphatic rings. The number of carbonyl (C=O) groups excluding carboxylic acids is 1. The van der Waals surface area contributed by atoms with Crippen molar-refractivity contribution in [3.63, 3.8) is 0 Å². The normalized spacial score (nSPS) is 10.2. The van der Waals surface area contributed by atoms with Crippen molar-refractivity contribution < 1.29 is 14.1 Å². The molecule has 0 saturated carbocycles. The summed E-state index contributed by atoms with van der Waals surface area (Å²) in [6, 6.07) is 15.6. The summed E-state index contributed by atoms with van der Waals surface area (Å²) < 4.78 is 7.11. The Morgan fingerprint density at radius 2 is 1.84 bits per heavy atom. The summed E-state index contributed by atoms with van der Waals surface area (Å²) in [4.78, 5) is 12.0. The van der Waals surface area contributed by atoms with Crippen molar-refractivity contribution in [1.29, 1.82) is 0 Å². The zero-order chi connectivity index (χ0) is 13.5. The number of esters is 1. The van der Waals surface area contributed by atoms with Crippen molar-refractivity contribution in [1.82, 2.24) is 0 Å². The third-order valence-corrected chi connectivity index (χ3v) is 2.78. The Kier molecular flexibility index (Phi) is 4.67. The van der Waals surface area contributed by atoms with E-state index in [4.69, 9.17) is 4.74 Å². The molecule has 0 bridgehead atoms. The summed E-state index contributed by atoms with van der Waals surface area (Å²) in [5.41, 5.74) is 1.74. The first-order chi connectivity index (χ1) is 9.31. The van der Waals surface area contributed by atoms with Gasteiger partial charge in [0, 0.05) is 17.7 Å². The number of hydrogen-bond donors (Lipinski definition) is 0. The van der Waals surface area contributed by atoms with E-state index in [9.17, 15) is 4.79 Å². The monoisotopic (exact) mass is 256 g/mol. The summed E-state index contributed by atoms with van der Waals surface area (Å²) in [5, 5.41) is 0. The highest BCUT2D eigenvalue weighted by Crippen LogP contribution is 2.01. The molecule has 1 heterocycles. The van der Waals surface area contributed by atoms with E-state index < -0.39 is 0 Å². The van der Waals surface area contributed by atoms with Crippen LogP contribution in [0, 0.1) is 0 Å². The first kappa shape index (κ1) is 13.3. The maximum absolute atomic E-state index is 12.0. The summed E-state index contributed by atoms with van der Waals surface area (Å²) in [5.74, 6) is -0.265. The second-order valence-electron chi connectivity index (χ2n) is 4.34. The average molecular weight is 256 g/mol. The standard InChI is InChI=1S/C16H18NO2/c1-2-12-19-16(18)15-10-6-7-11-17(15)13-14-8-4-3-5-9-14/h3-11H,2,12-13H2,1H3/q+1. The first-order valence-corrected chi connectivity index (χ1v) is 6.50. The van der Waals surface area contributed by atoms with Crippen LogP contribution in [-0.4, -0.2) is 12.6 Å². The summed E-state index contributed by atoms with van der Waals surface area (Å²) in [6.45, 7) is 3.10. The predicted octanol–water partition coefficient (Wildman–Crippen LogP) is 2.59. The summed E-state index contributed by atoms with van der Waals surface area (Å²) in [7, 11) is 0. The SMILES string of the molecule is CCCOC(=O)c1cccc[n+]1Cc1ccccc1. The molecule has 0 N–H and O–H groups in total. The van der Waals surface area contributed by atoms with Crippen molar-refractivity contribution in [3.05, 3.63) is 66.0 Å². The van der Waals surface area contributed by atoms with Gasteiger partial charge in [-0.2, -0.15) is 4.57 Å². The Morgan fingerprint density at radius 1 is 1.11 bits per heavy atom. The van der Waals surface area contributed by atoms with Gasteiger partial charge in [0.15, 0.2) is 12.7 Å². The molecule has 3 heteroatoms. The molecule has 2 aromatic rings. The summed E-state index contributed by atoms with van der Waals surface area (Å²) >= 11 is 0. The molecule has 0 radical (unpaired) electrons. The minimum absolute atomic E-state index is 0.265. The van der Waals surface area contributed by atoms with E-state index in [2.05, 4.69) is 0 Å². The number of ether oxygens (including phenoxy) is 1. The van der Waals surface area contributed by atoms with Gasteiger partial charge in [-0.3, -0.25) is 0 Å². The molecule has 3 nitrogen and oxygen atoms in total. The van der Waals surface area contributed by atoms with Gasteiger partial charge in [0.1, 0.15) is 0 Å². The molecular weight excluding hydrogens is 238 g/mol. The van der Waals surface area contributed by atoms with Crippen LogP contribution in [0.2, 0.25) is 0 Å². The molecule has 0 fully saturated rings.